The molecule has 2 aliphatic rings. The van der Waals surface area contributed by atoms with Gasteiger partial charge in [-0.3, -0.25) is 10.1 Å². The van der Waals surface area contributed by atoms with E-state index in [0.29, 0.717) is 54.0 Å². The molecule has 0 saturated heterocycles. The fraction of sp³-hybridized carbons (Fsp3) is 0.591. The number of rotatable bonds is 7. The van der Waals surface area contributed by atoms with E-state index in [0.717, 1.165) is 25.7 Å². The minimum atomic E-state index is -0.766. The number of hydrogen-bond donors (Lipinski definition) is 2. The van der Waals surface area contributed by atoms with Crippen molar-refractivity contribution in [1.29, 1.82) is 0 Å². The number of amides is 1. The lowest BCUT2D eigenvalue weighted by Gasteiger charge is -2.27. The van der Waals surface area contributed by atoms with E-state index < -0.39 is 12.1 Å². The second-order valence-corrected chi connectivity index (χ2v) is 8.65. The lowest BCUT2D eigenvalue weighted by Crippen LogP contribution is -2.29. The number of nitrogens with one attached hydrogen (secondary N) is 1. The van der Waals surface area contributed by atoms with Crippen molar-refractivity contribution in [2.75, 3.05) is 11.9 Å². The Bertz CT molecular complexity index is 987. The number of nitrogens with zero attached hydrogens (tertiary/aromatic N) is 4. The van der Waals surface area contributed by atoms with E-state index in [-0.39, 0.29) is 12.0 Å². The first-order chi connectivity index (χ1) is 15.4. The minimum absolute atomic E-state index is 0.143. The van der Waals surface area contributed by atoms with Crippen LogP contribution in [0.3, 0.4) is 0 Å². The van der Waals surface area contributed by atoms with Gasteiger partial charge >= 0.3 is 12.1 Å². The summed E-state index contributed by atoms with van der Waals surface area (Å²) in [5.74, 6) is 0.344. The summed E-state index contributed by atoms with van der Waals surface area (Å²) < 4.78 is 12.9. The predicted molar refractivity (Wildman–Crippen MR) is 115 cm³/mol. The number of aliphatic carboxylic acids is 1. The maximum atomic E-state index is 12.2. The maximum absolute atomic E-state index is 12.2. The number of pyridine rings is 1. The van der Waals surface area contributed by atoms with E-state index in [1.165, 1.54) is 11.1 Å². The Kier molecular flexibility index (Phi) is 6.57. The lowest BCUT2D eigenvalue weighted by molar-refractivity contribution is -0.143. The van der Waals surface area contributed by atoms with Crippen molar-refractivity contribution >= 4 is 17.9 Å². The van der Waals surface area contributed by atoms with Gasteiger partial charge in [-0.1, -0.05) is 11.6 Å². The summed E-state index contributed by atoms with van der Waals surface area (Å²) in [6.07, 6.45) is 5.55. The molecular formula is C22H29N5O5. The van der Waals surface area contributed by atoms with Gasteiger partial charge in [0.15, 0.2) is 11.5 Å². The van der Waals surface area contributed by atoms with Gasteiger partial charge in [0.25, 0.3) is 0 Å². The molecule has 2 aromatic heterocycles. The predicted octanol–water partition coefficient (Wildman–Crippen LogP) is 3.56. The summed E-state index contributed by atoms with van der Waals surface area (Å²) in [5.41, 5.74) is 1.64. The van der Waals surface area contributed by atoms with Crippen LogP contribution in [0.25, 0.3) is 11.4 Å². The highest BCUT2D eigenvalue weighted by Gasteiger charge is 2.28. The molecule has 0 bridgehead atoms. The third-order valence-corrected chi connectivity index (χ3v) is 6.27. The van der Waals surface area contributed by atoms with Gasteiger partial charge in [0.1, 0.15) is 5.75 Å². The molecule has 32 heavy (non-hydrogen) atoms. The third-order valence-electron chi connectivity index (χ3n) is 6.27. The van der Waals surface area contributed by atoms with Gasteiger partial charge in [0.05, 0.1) is 30.0 Å². The molecule has 2 fully saturated rings. The number of carbonyl (C=O) groups excluding carboxylic acids is 1. The second-order valence-electron chi connectivity index (χ2n) is 8.65. The lowest BCUT2D eigenvalue weighted by atomic mass is 9.86. The molecule has 0 unspecified atom stereocenters. The Labute approximate surface area is 186 Å². The number of hydrogen-bond acceptors (Lipinski definition) is 7. The van der Waals surface area contributed by atoms with E-state index >= 15 is 0 Å². The van der Waals surface area contributed by atoms with Crippen molar-refractivity contribution in [3.8, 4) is 17.1 Å². The van der Waals surface area contributed by atoms with E-state index in [1.807, 2.05) is 6.92 Å². The first-order valence-corrected chi connectivity index (χ1v) is 11.1. The smallest absolute Gasteiger partial charge is 0.412 e. The van der Waals surface area contributed by atoms with Crippen LogP contribution in [0.5, 0.6) is 5.75 Å². The highest BCUT2D eigenvalue weighted by atomic mass is 16.5. The molecule has 0 aliphatic heterocycles. The van der Waals surface area contributed by atoms with Gasteiger partial charge in [0.2, 0.25) is 0 Å². The SMILES string of the molecule is Cc1nc(-c2nnn(C)c2NC(=O)OCC2CCC2)ccc1O[C@H]1CCC[C@H](C(=O)O)C1. The molecule has 172 valence electrons. The van der Waals surface area contributed by atoms with Gasteiger partial charge in [-0.05, 0) is 63.5 Å². The molecule has 10 nitrogen and oxygen atoms in total. The van der Waals surface area contributed by atoms with Crippen LogP contribution in [0.4, 0.5) is 10.6 Å². The summed E-state index contributed by atoms with van der Waals surface area (Å²) in [4.78, 5) is 28.1. The zero-order valence-electron chi connectivity index (χ0n) is 18.4. The van der Waals surface area contributed by atoms with Crippen molar-refractivity contribution in [3.63, 3.8) is 0 Å². The average Bonchev–Trinajstić information content (AvgIpc) is 3.09. The fourth-order valence-electron chi connectivity index (χ4n) is 4.12. The zero-order chi connectivity index (χ0) is 22.7. The molecule has 1 amide bonds. The van der Waals surface area contributed by atoms with Crippen LogP contribution in [0.2, 0.25) is 0 Å². The Balaban J connectivity index is 1.43. The normalized spacial score (nSPS) is 20.9. The van der Waals surface area contributed by atoms with Gasteiger partial charge in [-0.15, -0.1) is 5.10 Å². The molecule has 0 spiro atoms. The van der Waals surface area contributed by atoms with Gasteiger partial charge in [0, 0.05) is 7.05 Å². The molecule has 2 aromatic rings. The monoisotopic (exact) mass is 443 g/mol. The number of carboxylic acids is 1. The Morgan fingerprint density at radius 3 is 2.69 bits per heavy atom. The number of aromatic nitrogens is 4. The van der Waals surface area contributed by atoms with Crippen LogP contribution >= 0.6 is 0 Å². The van der Waals surface area contributed by atoms with E-state index in [1.54, 1.807) is 19.2 Å². The van der Waals surface area contributed by atoms with Gasteiger partial charge in [-0.25, -0.2) is 14.5 Å². The van der Waals surface area contributed by atoms with Gasteiger partial charge < -0.3 is 14.6 Å². The number of carboxylic acid groups (broad SMARTS) is 1. The quantitative estimate of drug-likeness (QED) is 0.665. The van der Waals surface area contributed by atoms with Gasteiger partial charge in [-0.2, -0.15) is 0 Å². The van der Waals surface area contributed by atoms with E-state index in [4.69, 9.17) is 9.47 Å². The Morgan fingerprint density at radius 1 is 1.22 bits per heavy atom. The summed E-state index contributed by atoms with van der Waals surface area (Å²) in [6.45, 7) is 2.24. The van der Waals surface area contributed by atoms with Crippen LogP contribution in [0.1, 0.15) is 50.6 Å². The van der Waals surface area contributed by atoms with E-state index in [2.05, 4.69) is 20.6 Å². The summed E-state index contributed by atoms with van der Waals surface area (Å²) >= 11 is 0. The van der Waals surface area contributed by atoms with Crippen LogP contribution in [0, 0.1) is 18.8 Å². The van der Waals surface area contributed by atoms with Crippen LogP contribution < -0.4 is 10.1 Å². The van der Waals surface area contributed by atoms with Crippen molar-refractivity contribution in [1.82, 2.24) is 20.0 Å². The number of carbonyl (C=O) groups is 2. The summed E-state index contributed by atoms with van der Waals surface area (Å²) in [5, 5.41) is 20.2. The fourth-order valence-corrected chi connectivity index (χ4v) is 4.12. The molecule has 2 saturated carbocycles. The Hall–Kier alpha value is -3.17. The molecule has 0 radical (unpaired) electrons. The number of ether oxygens (including phenoxy) is 2. The van der Waals surface area contributed by atoms with Crippen molar-refractivity contribution in [3.05, 3.63) is 17.8 Å². The third kappa shape index (κ3) is 5.00. The maximum Gasteiger partial charge on any atom is 0.412 e. The molecule has 2 atom stereocenters. The highest BCUT2D eigenvalue weighted by molar-refractivity contribution is 5.88. The Morgan fingerprint density at radius 2 is 2.00 bits per heavy atom. The number of anilines is 1. The average molecular weight is 444 g/mol. The van der Waals surface area contributed by atoms with E-state index in [9.17, 15) is 14.7 Å². The van der Waals surface area contributed by atoms with Crippen LogP contribution in [-0.2, 0) is 16.6 Å². The van der Waals surface area contributed by atoms with Crippen molar-refractivity contribution in [2.45, 2.75) is 58.0 Å². The molecule has 2 N–H and O–H groups in total. The molecular weight excluding hydrogens is 414 g/mol. The molecule has 2 heterocycles. The zero-order valence-corrected chi connectivity index (χ0v) is 18.4. The highest BCUT2D eigenvalue weighted by Crippen LogP contribution is 2.31. The number of aryl methyl sites for hydroxylation is 2. The van der Waals surface area contributed by atoms with Crippen LogP contribution in [-0.4, -0.2) is 49.9 Å². The summed E-state index contributed by atoms with van der Waals surface area (Å²) in [6, 6.07) is 3.56. The first kappa shape index (κ1) is 22.0. The van der Waals surface area contributed by atoms with Crippen molar-refractivity contribution < 1.29 is 24.2 Å². The molecule has 10 heteroatoms. The van der Waals surface area contributed by atoms with Crippen LogP contribution in [0.15, 0.2) is 12.1 Å². The first-order valence-electron chi connectivity index (χ1n) is 11.1. The molecule has 0 aromatic carbocycles. The van der Waals surface area contributed by atoms with Crippen molar-refractivity contribution in [2.24, 2.45) is 18.9 Å². The standard InChI is InChI=1S/C22H29N5O5/c1-13-18(32-16-8-4-7-15(11-16)21(28)29)10-9-17(23-13)19-20(27(2)26-25-19)24-22(30)31-12-14-5-3-6-14/h9-10,14-16H,3-8,11-12H2,1-2H3,(H,24,30)(H,28,29)/t15-,16-/m0/s1. The summed E-state index contributed by atoms with van der Waals surface area (Å²) in [7, 11) is 1.68. The molecule has 2 aliphatic carbocycles. The second kappa shape index (κ2) is 9.54. The largest absolute Gasteiger partial charge is 0.489 e. The molecule has 4 rings (SSSR count). The minimum Gasteiger partial charge on any atom is -0.489 e. The topological polar surface area (TPSA) is 128 Å².